The van der Waals surface area contributed by atoms with Crippen molar-refractivity contribution >= 4 is 23.5 Å². The SMILES string of the molecule is CC1CCCN1CCNC(=O)c1ccc(Nc2nc(N)n(-c3ccccn3)n2)cc1. The quantitative estimate of drug-likeness (QED) is 0.551. The molecule has 30 heavy (non-hydrogen) atoms. The summed E-state index contributed by atoms with van der Waals surface area (Å²) in [6, 6.07) is 13.3. The first-order chi connectivity index (χ1) is 14.6. The summed E-state index contributed by atoms with van der Waals surface area (Å²) in [5.41, 5.74) is 7.32. The minimum absolute atomic E-state index is 0.0739. The summed E-state index contributed by atoms with van der Waals surface area (Å²) in [5.74, 6) is 1.11. The van der Waals surface area contributed by atoms with E-state index in [0.717, 1.165) is 18.8 Å². The number of likely N-dealkylation sites (tertiary alicyclic amines) is 1. The number of aromatic nitrogens is 4. The number of carbonyl (C=O) groups is 1. The lowest BCUT2D eigenvalue weighted by molar-refractivity contribution is 0.0947. The lowest BCUT2D eigenvalue weighted by Crippen LogP contribution is -2.36. The van der Waals surface area contributed by atoms with Crippen molar-refractivity contribution in [2.45, 2.75) is 25.8 Å². The predicted octanol–water partition coefficient (Wildman–Crippen LogP) is 2.20. The van der Waals surface area contributed by atoms with E-state index in [1.165, 1.54) is 17.5 Å². The van der Waals surface area contributed by atoms with Crippen molar-refractivity contribution < 1.29 is 4.79 Å². The van der Waals surface area contributed by atoms with Gasteiger partial charge in [0.25, 0.3) is 5.91 Å². The highest BCUT2D eigenvalue weighted by Crippen LogP contribution is 2.18. The van der Waals surface area contributed by atoms with Crippen LogP contribution in [-0.2, 0) is 0 Å². The molecule has 2 aromatic heterocycles. The van der Waals surface area contributed by atoms with Crippen LogP contribution in [0.5, 0.6) is 0 Å². The van der Waals surface area contributed by atoms with Crippen molar-refractivity contribution in [3.8, 4) is 5.82 Å². The van der Waals surface area contributed by atoms with Gasteiger partial charge in [-0.05, 0) is 62.7 Å². The second-order valence-electron chi connectivity index (χ2n) is 7.38. The van der Waals surface area contributed by atoms with Crippen LogP contribution < -0.4 is 16.4 Å². The molecule has 9 heteroatoms. The molecule has 1 aliphatic heterocycles. The van der Waals surface area contributed by atoms with E-state index in [9.17, 15) is 4.79 Å². The van der Waals surface area contributed by atoms with Crippen LogP contribution in [0.1, 0.15) is 30.1 Å². The molecule has 3 heterocycles. The molecule has 0 bridgehead atoms. The topological polar surface area (TPSA) is 114 Å². The molecule has 0 radical (unpaired) electrons. The monoisotopic (exact) mass is 406 g/mol. The number of anilines is 3. The predicted molar refractivity (Wildman–Crippen MR) is 116 cm³/mol. The molecule has 4 N–H and O–H groups in total. The van der Waals surface area contributed by atoms with Crippen LogP contribution in [0.3, 0.4) is 0 Å². The zero-order chi connectivity index (χ0) is 20.9. The fraction of sp³-hybridized carbons (Fsp3) is 0.333. The number of hydrogen-bond acceptors (Lipinski definition) is 7. The van der Waals surface area contributed by atoms with Gasteiger partial charge in [0, 0.05) is 36.6 Å². The molecule has 4 rings (SSSR count). The van der Waals surface area contributed by atoms with Crippen molar-refractivity contribution in [1.29, 1.82) is 0 Å². The Balaban J connectivity index is 1.33. The van der Waals surface area contributed by atoms with E-state index in [1.54, 1.807) is 24.4 Å². The number of pyridine rings is 1. The van der Waals surface area contributed by atoms with E-state index < -0.39 is 0 Å². The summed E-state index contributed by atoms with van der Waals surface area (Å²) in [4.78, 5) is 23.2. The zero-order valence-electron chi connectivity index (χ0n) is 17.0. The lowest BCUT2D eigenvalue weighted by Gasteiger charge is -2.20. The molecule has 1 fully saturated rings. The number of rotatable bonds is 7. The average molecular weight is 406 g/mol. The largest absolute Gasteiger partial charge is 0.368 e. The first-order valence-electron chi connectivity index (χ1n) is 10.1. The maximum absolute atomic E-state index is 12.4. The first-order valence-corrected chi connectivity index (χ1v) is 10.1. The van der Waals surface area contributed by atoms with Crippen LogP contribution in [0.2, 0.25) is 0 Å². The third-order valence-electron chi connectivity index (χ3n) is 5.28. The molecule has 1 saturated heterocycles. The number of nitrogens with two attached hydrogens (primary N) is 1. The summed E-state index contributed by atoms with van der Waals surface area (Å²) >= 11 is 0. The van der Waals surface area contributed by atoms with Crippen molar-refractivity contribution in [2.75, 3.05) is 30.7 Å². The molecule has 9 nitrogen and oxygen atoms in total. The van der Waals surface area contributed by atoms with Crippen LogP contribution in [-0.4, -0.2) is 56.2 Å². The third kappa shape index (κ3) is 4.57. The minimum atomic E-state index is -0.0739. The highest BCUT2D eigenvalue weighted by Gasteiger charge is 2.19. The Morgan fingerprint density at radius 3 is 2.77 bits per heavy atom. The Kier molecular flexibility index (Phi) is 5.89. The molecule has 1 amide bonds. The number of nitrogens with one attached hydrogen (secondary N) is 2. The number of amides is 1. The number of hydrogen-bond donors (Lipinski definition) is 3. The number of benzene rings is 1. The van der Waals surface area contributed by atoms with Gasteiger partial charge in [-0.3, -0.25) is 9.69 Å². The Hall–Kier alpha value is -3.46. The Morgan fingerprint density at radius 1 is 1.23 bits per heavy atom. The van der Waals surface area contributed by atoms with Crippen molar-refractivity contribution in [3.63, 3.8) is 0 Å². The number of carbonyl (C=O) groups excluding carboxylic acids is 1. The summed E-state index contributed by atoms with van der Waals surface area (Å²) in [6.07, 6.45) is 4.15. The molecule has 3 aromatic rings. The van der Waals surface area contributed by atoms with Gasteiger partial charge in [-0.15, -0.1) is 5.10 Å². The van der Waals surface area contributed by atoms with Gasteiger partial charge in [0.05, 0.1) is 0 Å². The normalized spacial score (nSPS) is 16.5. The van der Waals surface area contributed by atoms with Gasteiger partial charge in [-0.2, -0.15) is 9.67 Å². The Morgan fingerprint density at radius 2 is 2.07 bits per heavy atom. The summed E-state index contributed by atoms with van der Waals surface area (Å²) in [6.45, 7) is 4.89. The average Bonchev–Trinajstić information content (AvgIpc) is 3.34. The molecule has 0 aliphatic carbocycles. The first kappa shape index (κ1) is 19.8. The molecule has 1 unspecified atom stereocenters. The summed E-state index contributed by atoms with van der Waals surface area (Å²) in [7, 11) is 0. The van der Waals surface area contributed by atoms with Gasteiger partial charge in [0.15, 0.2) is 5.82 Å². The number of nitrogens with zero attached hydrogens (tertiary/aromatic N) is 5. The minimum Gasteiger partial charge on any atom is -0.368 e. The zero-order valence-corrected chi connectivity index (χ0v) is 17.0. The van der Waals surface area contributed by atoms with Crippen molar-refractivity contribution in [3.05, 3.63) is 54.2 Å². The van der Waals surface area contributed by atoms with E-state index >= 15 is 0 Å². The maximum atomic E-state index is 12.4. The summed E-state index contributed by atoms with van der Waals surface area (Å²) in [5, 5.41) is 10.4. The second-order valence-corrected chi connectivity index (χ2v) is 7.38. The lowest BCUT2D eigenvalue weighted by atomic mass is 10.2. The van der Waals surface area contributed by atoms with Crippen LogP contribution in [0.4, 0.5) is 17.6 Å². The van der Waals surface area contributed by atoms with Crippen molar-refractivity contribution in [1.82, 2.24) is 30.0 Å². The highest BCUT2D eigenvalue weighted by molar-refractivity contribution is 5.94. The van der Waals surface area contributed by atoms with Crippen LogP contribution in [0.25, 0.3) is 5.82 Å². The summed E-state index contributed by atoms with van der Waals surface area (Å²) < 4.78 is 1.46. The number of nitrogen functional groups attached to an aromatic ring is 1. The molecule has 1 aliphatic rings. The van der Waals surface area contributed by atoms with E-state index in [-0.39, 0.29) is 11.9 Å². The van der Waals surface area contributed by atoms with Gasteiger partial charge < -0.3 is 16.4 Å². The van der Waals surface area contributed by atoms with Crippen LogP contribution >= 0.6 is 0 Å². The molecule has 0 spiro atoms. The van der Waals surface area contributed by atoms with E-state index in [1.807, 2.05) is 24.3 Å². The molecule has 1 aromatic carbocycles. The molecule has 1 atom stereocenters. The van der Waals surface area contributed by atoms with E-state index in [0.29, 0.717) is 29.9 Å². The molecule has 0 saturated carbocycles. The maximum Gasteiger partial charge on any atom is 0.251 e. The van der Waals surface area contributed by atoms with Crippen molar-refractivity contribution in [2.24, 2.45) is 0 Å². The van der Waals surface area contributed by atoms with Crippen LogP contribution in [0.15, 0.2) is 48.7 Å². The Labute approximate surface area is 175 Å². The second kappa shape index (κ2) is 8.91. The van der Waals surface area contributed by atoms with Gasteiger partial charge in [-0.25, -0.2) is 4.98 Å². The van der Waals surface area contributed by atoms with Gasteiger partial charge in [-0.1, -0.05) is 6.07 Å². The smallest absolute Gasteiger partial charge is 0.251 e. The molecular formula is C21H26N8O. The van der Waals surface area contributed by atoms with E-state index in [2.05, 4.69) is 37.5 Å². The highest BCUT2D eigenvalue weighted by atomic mass is 16.1. The van der Waals surface area contributed by atoms with Crippen LogP contribution in [0, 0.1) is 0 Å². The van der Waals surface area contributed by atoms with Gasteiger partial charge in [0.1, 0.15) is 0 Å². The van der Waals surface area contributed by atoms with Gasteiger partial charge >= 0.3 is 0 Å². The van der Waals surface area contributed by atoms with E-state index in [4.69, 9.17) is 5.73 Å². The van der Waals surface area contributed by atoms with Gasteiger partial charge in [0.2, 0.25) is 11.9 Å². The standard InChI is InChI=1S/C21H26N8O/c1-15-5-4-13-28(15)14-12-24-19(30)16-7-9-17(10-8-16)25-21-26-20(22)29(27-21)18-6-2-3-11-23-18/h2-3,6-11,15H,4-5,12-14H2,1H3,(H,24,30)(H3,22,25,26,27). The Bertz CT molecular complexity index is 986. The fourth-order valence-corrected chi connectivity index (χ4v) is 3.60. The third-order valence-corrected chi connectivity index (χ3v) is 5.28. The fourth-order valence-electron chi connectivity index (χ4n) is 3.60. The molecular weight excluding hydrogens is 380 g/mol. The molecule has 156 valence electrons.